The molecular weight excluding hydrogens is 528 g/mol. The predicted octanol–water partition coefficient (Wildman–Crippen LogP) is 7.65. The molecule has 1 fully saturated rings. The summed E-state index contributed by atoms with van der Waals surface area (Å²) in [6.45, 7) is 3.88. The maximum atomic E-state index is 13.1. The molecule has 1 aliphatic heterocycles. The second kappa shape index (κ2) is 15.7. The molecule has 1 atom stereocenters. The first kappa shape index (κ1) is 30.7. The van der Waals surface area contributed by atoms with Crippen molar-refractivity contribution in [3.05, 3.63) is 144 Å². The van der Waals surface area contributed by atoms with Crippen LogP contribution in [0.2, 0.25) is 0 Å². The third-order valence-electron chi connectivity index (χ3n) is 9.24. The van der Waals surface area contributed by atoms with Crippen molar-refractivity contribution in [1.82, 2.24) is 10.2 Å². The lowest BCUT2D eigenvalue weighted by Gasteiger charge is -2.37. The van der Waals surface area contributed by atoms with E-state index in [0.717, 1.165) is 38.0 Å². The second-order valence-corrected chi connectivity index (χ2v) is 12.0. The Kier molecular flexibility index (Phi) is 11.2. The van der Waals surface area contributed by atoms with E-state index in [4.69, 9.17) is 0 Å². The number of carbonyl (C=O) groups is 1. The molecule has 0 radical (unpaired) electrons. The number of piperidine rings is 1. The van der Waals surface area contributed by atoms with Crippen LogP contribution in [0.25, 0.3) is 0 Å². The molecule has 1 saturated heterocycles. The summed E-state index contributed by atoms with van der Waals surface area (Å²) in [4.78, 5) is 15.8. The third kappa shape index (κ3) is 8.43. The van der Waals surface area contributed by atoms with Gasteiger partial charge >= 0.3 is 0 Å². The Hall–Kier alpha value is -3.73. The summed E-state index contributed by atoms with van der Waals surface area (Å²) in [6, 6.07) is 42.0. The molecule has 0 bridgehead atoms. The molecule has 0 spiro atoms. The highest BCUT2D eigenvalue weighted by Gasteiger charge is 2.34. The zero-order valence-electron chi connectivity index (χ0n) is 25.3. The van der Waals surface area contributed by atoms with Crippen LogP contribution in [0.4, 0.5) is 0 Å². The summed E-state index contributed by atoms with van der Waals surface area (Å²) in [5.41, 5.74) is 4.54. The van der Waals surface area contributed by atoms with E-state index in [9.17, 15) is 9.90 Å². The largest absolute Gasteiger partial charge is 0.388 e. The number of nitrogens with zero attached hydrogens (tertiary/aromatic N) is 1. The second-order valence-electron chi connectivity index (χ2n) is 12.0. The molecule has 0 aromatic heterocycles. The van der Waals surface area contributed by atoms with Crippen molar-refractivity contribution in [2.24, 2.45) is 0 Å². The van der Waals surface area contributed by atoms with Gasteiger partial charge < -0.3 is 15.3 Å². The summed E-state index contributed by atoms with van der Waals surface area (Å²) < 4.78 is 0. The van der Waals surface area contributed by atoms with Gasteiger partial charge in [-0.05, 0) is 86.3 Å². The SMILES string of the molecule is O=C(CCCC(O)c1ccccc1)NCC(CCCN1CCC(c2ccccc2)CC1)(c1ccccc1)c1ccccc1. The number of carbonyl (C=O) groups excluding carboxylic acids is 1. The zero-order valence-corrected chi connectivity index (χ0v) is 25.3. The molecule has 5 rings (SSSR count). The maximum absolute atomic E-state index is 13.1. The quantitative estimate of drug-likeness (QED) is 0.163. The molecule has 1 unspecified atom stereocenters. The van der Waals surface area contributed by atoms with Gasteiger partial charge in [0.2, 0.25) is 5.91 Å². The fourth-order valence-electron chi connectivity index (χ4n) is 6.72. The van der Waals surface area contributed by atoms with Gasteiger partial charge in [-0.25, -0.2) is 0 Å². The summed E-state index contributed by atoms with van der Waals surface area (Å²) in [6.07, 6.45) is 5.50. The van der Waals surface area contributed by atoms with E-state index < -0.39 is 6.10 Å². The Morgan fingerprint density at radius 2 is 1.30 bits per heavy atom. The highest BCUT2D eigenvalue weighted by molar-refractivity contribution is 5.76. The Labute approximate surface area is 257 Å². The van der Waals surface area contributed by atoms with Gasteiger partial charge in [0, 0.05) is 18.4 Å². The van der Waals surface area contributed by atoms with Gasteiger partial charge in [0.15, 0.2) is 0 Å². The van der Waals surface area contributed by atoms with Crippen LogP contribution in [0.5, 0.6) is 0 Å². The monoisotopic (exact) mass is 574 g/mol. The first-order valence-corrected chi connectivity index (χ1v) is 16.0. The lowest BCUT2D eigenvalue weighted by Crippen LogP contribution is -2.42. The summed E-state index contributed by atoms with van der Waals surface area (Å²) in [7, 11) is 0. The van der Waals surface area contributed by atoms with Crippen molar-refractivity contribution in [1.29, 1.82) is 0 Å². The summed E-state index contributed by atoms with van der Waals surface area (Å²) in [5, 5.41) is 13.8. The third-order valence-corrected chi connectivity index (χ3v) is 9.24. The minimum absolute atomic E-state index is 0.0412. The molecule has 1 heterocycles. The van der Waals surface area contributed by atoms with Crippen molar-refractivity contribution in [3.63, 3.8) is 0 Å². The minimum atomic E-state index is -0.542. The van der Waals surface area contributed by atoms with Gasteiger partial charge in [-0.1, -0.05) is 121 Å². The van der Waals surface area contributed by atoms with Crippen LogP contribution in [0.3, 0.4) is 0 Å². The first-order valence-electron chi connectivity index (χ1n) is 16.0. The highest BCUT2D eigenvalue weighted by Crippen LogP contribution is 2.37. The molecular formula is C39H46N2O2. The van der Waals surface area contributed by atoms with E-state index in [1.165, 1.54) is 29.5 Å². The molecule has 4 aromatic rings. The van der Waals surface area contributed by atoms with Gasteiger partial charge in [-0.15, -0.1) is 0 Å². The van der Waals surface area contributed by atoms with Crippen molar-refractivity contribution in [2.45, 2.75) is 62.4 Å². The lowest BCUT2D eigenvalue weighted by molar-refractivity contribution is -0.121. The Morgan fingerprint density at radius 1 is 0.767 bits per heavy atom. The van der Waals surface area contributed by atoms with Crippen LogP contribution in [0, 0.1) is 0 Å². The number of benzene rings is 4. The molecule has 4 nitrogen and oxygen atoms in total. The lowest BCUT2D eigenvalue weighted by atomic mass is 9.71. The zero-order chi connectivity index (χ0) is 29.7. The number of aliphatic hydroxyl groups is 1. The standard InChI is InChI=1S/C39H46N2O2/c42-37(34-17-7-2-8-18-34)23-13-24-38(43)40-31-39(35-19-9-3-10-20-35,36-21-11-4-12-22-36)27-14-28-41-29-25-33(26-30-41)32-15-5-1-6-16-32/h1-12,15-22,33,37,42H,13-14,23-31H2,(H,40,43). The van der Waals surface area contributed by atoms with Crippen LogP contribution < -0.4 is 5.32 Å². The van der Waals surface area contributed by atoms with Crippen LogP contribution in [-0.2, 0) is 10.2 Å². The van der Waals surface area contributed by atoms with Crippen molar-refractivity contribution in [2.75, 3.05) is 26.2 Å². The first-order chi connectivity index (χ1) is 21.1. The van der Waals surface area contributed by atoms with Crippen LogP contribution in [0.1, 0.15) is 79.2 Å². The topological polar surface area (TPSA) is 52.6 Å². The Balaban J connectivity index is 1.22. The van der Waals surface area contributed by atoms with Gasteiger partial charge in [-0.2, -0.15) is 0 Å². The molecule has 224 valence electrons. The number of rotatable bonds is 14. The normalized spacial score (nSPS) is 15.2. The molecule has 4 aromatic carbocycles. The van der Waals surface area contributed by atoms with Crippen molar-refractivity contribution in [3.8, 4) is 0 Å². The van der Waals surface area contributed by atoms with Crippen LogP contribution in [-0.4, -0.2) is 42.1 Å². The fraction of sp³-hybridized carbons (Fsp3) is 0.359. The molecule has 0 saturated carbocycles. The molecule has 43 heavy (non-hydrogen) atoms. The van der Waals surface area contributed by atoms with Gasteiger partial charge in [0.1, 0.15) is 0 Å². The van der Waals surface area contributed by atoms with E-state index in [2.05, 4.69) is 101 Å². The van der Waals surface area contributed by atoms with Crippen LogP contribution in [0.15, 0.2) is 121 Å². The van der Waals surface area contributed by atoms with Crippen molar-refractivity contribution >= 4 is 5.91 Å². The highest BCUT2D eigenvalue weighted by atomic mass is 16.3. The van der Waals surface area contributed by atoms with E-state index in [-0.39, 0.29) is 11.3 Å². The summed E-state index contributed by atoms with van der Waals surface area (Å²) >= 11 is 0. The number of hydrogen-bond acceptors (Lipinski definition) is 3. The van der Waals surface area contributed by atoms with E-state index in [0.29, 0.717) is 31.7 Å². The average Bonchev–Trinajstić information content (AvgIpc) is 3.08. The molecule has 1 aliphatic rings. The smallest absolute Gasteiger partial charge is 0.220 e. The molecule has 0 aliphatic carbocycles. The predicted molar refractivity (Wildman–Crippen MR) is 176 cm³/mol. The molecule has 4 heteroatoms. The van der Waals surface area contributed by atoms with Crippen LogP contribution >= 0.6 is 0 Å². The number of likely N-dealkylation sites (tertiary alicyclic amines) is 1. The number of amides is 1. The Bertz CT molecular complexity index is 1310. The summed E-state index contributed by atoms with van der Waals surface area (Å²) in [5.74, 6) is 0.702. The van der Waals surface area contributed by atoms with E-state index in [1.54, 1.807) is 0 Å². The van der Waals surface area contributed by atoms with Gasteiger partial charge in [-0.3, -0.25) is 4.79 Å². The van der Waals surface area contributed by atoms with E-state index in [1.807, 2.05) is 30.3 Å². The van der Waals surface area contributed by atoms with Gasteiger partial charge in [0.25, 0.3) is 0 Å². The number of aliphatic hydroxyl groups excluding tert-OH is 1. The minimum Gasteiger partial charge on any atom is -0.388 e. The average molecular weight is 575 g/mol. The number of nitrogens with one attached hydrogen (secondary N) is 1. The fourth-order valence-corrected chi connectivity index (χ4v) is 6.72. The Morgan fingerprint density at radius 3 is 1.88 bits per heavy atom. The van der Waals surface area contributed by atoms with Crippen molar-refractivity contribution < 1.29 is 9.90 Å². The molecule has 2 N–H and O–H groups in total. The maximum Gasteiger partial charge on any atom is 0.220 e. The van der Waals surface area contributed by atoms with Gasteiger partial charge in [0.05, 0.1) is 6.10 Å². The van der Waals surface area contributed by atoms with E-state index >= 15 is 0 Å². The number of hydrogen-bond donors (Lipinski definition) is 2. The molecule has 1 amide bonds.